The van der Waals surface area contributed by atoms with Gasteiger partial charge in [0.25, 0.3) is 11.8 Å². The maximum atomic E-state index is 12.6. The zero-order chi connectivity index (χ0) is 21.7. The molecule has 0 spiro atoms. The van der Waals surface area contributed by atoms with Crippen LogP contribution in [0.4, 0.5) is 0 Å². The first-order valence-electron chi connectivity index (χ1n) is 9.87. The highest BCUT2D eigenvalue weighted by Crippen LogP contribution is 2.14. The van der Waals surface area contributed by atoms with Gasteiger partial charge in [-0.3, -0.25) is 9.59 Å². The largest absolute Gasteiger partial charge is 0.347 e. The van der Waals surface area contributed by atoms with Crippen LogP contribution in [0.2, 0.25) is 0 Å². The average molecular weight is 402 g/mol. The van der Waals surface area contributed by atoms with Crippen LogP contribution in [0.25, 0.3) is 0 Å². The quantitative estimate of drug-likeness (QED) is 0.656. The lowest BCUT2D eigenvalue weighted by Crippen LogP contribution is -2.29. The fourth-order valence-electron chi connectivity index (χ4n) is 3.00. The predicted octanol–water partition coefficient (Wildman–Crippen LogP) is 3.82. The zero-order valence-corrected chi connectivity index (χ0v) is 17.7. The highest BCUT2D eigenvalue weighted by Gasteiger charge is 2.16. The Hall–Kier alpha value is -3.54. The molecule has 3 aromatic rings. The van der Waals surface area contributed by atoms with Crippen molar-refractivity contribution in [1.82, 2.24) is 20.6 Å². The minimum absolute atomic E-state index is 0.153. The molecule has 0 aliphatic carbocycles. The third-order valence-electron chi connectivity index (χ3n) is 5.08. The molecule has 30 heavy (non-hydrogen) atoms. The van der Waals surface area contributed by atoms with Crippen molar-refractivity contribution < 1.29 is 9.59 Å². The van der Waals surface area contributed by atoms with Gasteiger partial charge in [-0.05, 0) is 49.9 Å². The van der Waals surface area contributed by atoms with Gasteiger partial charge in [0.15, 0.2) is 0 Å². The summed E-state index contributed by atoms with van der Waals surface area (Å²) in [4.78, 5) is 33.1. The van der Waals surface area contributed by atoms with E-state index in [1.54, 1.807) is 0 Å². The molecule has 0 aliphatic heterocycles. The predicted molar refractivity (Wildman–Crippen MR) is 116 cm³/mol. The molecular formula is C24H26N4O2. The average Bonchev–Trinajstić information content (AvgIpc) is 2.74. The molecule has 0 aliphatic rings. The van der Waals surface area contributed by atoms with Gasteiger partial charge in [-0.2, -0.15) is 0 Å². The molecule has 2 aromatic carbocycles. The van der Waals surface area contributed by atoms with Gasteiger partial charge in [-0.1, -0.05) is 48.0 Å². The summed E-state index contributed by atoms with van der Waals surface area (Å²) in [5.41, 5.74) is 5.84. The van der Waals surface area contributed by atoms with E-state index in [1.807, 2.05) is 70.2 Å². The molecule has 1 heterocycles. The van der Waals surface area contributed by atoms with E-state index >= 15 is 0 Å². The lowest BCUT2D eigenvalue weighted by molar-refractivity contribution is 0.0934. The van der Waals surface area contributed by atoms with E-state index < -0.39 is 0 Å². The van der Waals surface area contributed by atoms with Gasteiger partial charge in [-0.25, -0.2) is 9.97 Å². The molecule has 1 unspecified atom stereocenters. The number of aromatic nitrogens is 2. The third kappa shape index (κ3) is 5.29. The van der Waals surface area contributed by atoms with E-state index in [0.29, 0.717) is 6.54 Å². The summed E-state index contributed by atoms with van der Waals surface area (Å²) in [7, 11) is 0. The van der Waals surface area contributed by atoms with Gasteiger partial charge in [0.1, 0.15) is 17.7 Å². The monoisotopic (exact) mass is 402 g/mol. The number of nitrogens with zero attached hydrogens (tertiary/aromatic N) is 2. The van der Waals surface area contributed by atoms with Crippen LogP contribution in [0.1, 0.15) is 61.8 Å². The number of nitrogens with one attached hydrogen (secondary N) is 2. The maximum absolute atomic E-state index is 12.6. The molecule has 2 amide bonds. The zero-order valence-electron chi connectivity index (χ0n) is 17.7. The summed E-state index contributed by atoms with van der Waals surface area (Å²) in [5, 5.41) is 5.75. The molecule has 1 aromatic heterocycles. The van der Waals surface area contributed by atoms with Gasteiger partial charge < -0.3 is 10.6 Å². The second-order valence-corrected chi connectivity index (χ2v) is 7.50. The van der Waals surface area contributed by atoms with E-state index in [4.69, 9.17) is 0 Å². The Bertz CT molecular complexity index is 1060. The third-order valence-corrected chi connectivity index (χ3v) is 5.08. The molecule has 0 fully saturated rings. The van der Waals surface area contributed by atoms with Gasteiger partial charge in [0.05, 0.1) is 6.04 Å². The molecule has 6 nitrogen and oxygen atoms in total. The highest BCUT2D eigenvalue weighted by atomic mass is 16.2. The van der Waals surface area contributed by atoms with Crippen LogP contribution in [0.3, 0.4) is 0 Å². The minimum atomic E-state index is -0.353. The second kappa shape index (κ2) is 9.31. The second-order valence-electron chi connectivity index (χ2n) is 7.50. The number of aryl methyl sites for hydroxylation is 3. The van der Waals surface area contributed by atoms with E-state index in [0.717, 1.165) is 16.7 Å². The molecule has 6 heteroatoms. The van der Waals surface area contributed by atoms with E-state index in [9.17, 15) is 9.59 Å². The van der Waals surface area contributed by atoms with Crippen LogP contribution >= 0.6 is 0 Å². The highest BCUT2D eigenvalue weighted by molar-refractivity contribution is 5.97. The van der Waals surface area contributed by atoms with Crippen molar-refractivity contribution in [3.05, 3.63) is 94.1 Å². The Balaban J connectivity index is 1.64. The van der Waals surface area contributed by atoms with Gasteiger partial charge in [0.2, 0.25) is 0 Å². The summed E-state index contributed by atoms with van der Waals surface area (Å²) in [5.74, 6) is -0.704. The Morgan fingerprint density at radius 2 is 1.53 bits per heavy atom. The SMILES string of the molecule is Cc1ccc(C(C)NC(=O)c2cc(C(=O)NCc3ccc(C)c(C)c3)ncn2)cc1. The van der Waals surface area contributed by atoms with E-state index in [2.05, 4.69) is 20.6 Å². The van der Waals surface area contributed by atoms with Gasteiger partial charge >= 0.3 is 0 Å². The summed E-state index contributed by atoms with van der Waals surface area (Å²) >= 11 is 0. The van der Waals surface area contributed by atoms with Crippen molar-refractivity contribution in [1.29, 1.82) is 0 Å². The van der Waals surface area contributed by atoms with Crippen LogP contribution in [-0.2, 0) is 6.54 Å². The van der Waals surface area contributed by atoms with Gasteiger partial charge in [0, 0.05) is 12.6 Å². The van der Waals surface area contributed by atoms with Crippen molar-refractivity contribution >= 4 is 11.8 Å². The van der Waals surface area contributed by atoms with Crippen LogP contribution in [0.5, 0.6) is 0 Å². The van der Waals surface area contributed by atoms with Crippen LogP contribution < -0.4 is 10.6 Å². The fraction of sp³-hybridized carbons (Fsp3) is 0.250. The van der Waals surface area contributed by atoms with Crippen molar-refractivity contribution in [2.24, 2.45) is 0 Å². The number of hydrogen-bond acceptors (Lipinski definition) is 4. The molecular weight excluding hydrogens is 376 g/mol. The molecule has 2 N–H and O–H groups in total. The first kappa shape index (κ1) is 21.2. The molecule has 0 saturated heterocycles. The first-order chi connectivity index (χ1) is 14.3. The molecule has 154 valence electrons. The molecule has 1 atom stereocenters. The standard InChI is InChI=1S/C24H26N4O2/c1-15-5-9-20(10-6-15)18(4)28-24(30)22-12-21(26-14-27-22)23(29)25-13-19-8-7-16(2)17(3)11-19/h5-12,14,18H,13H2,1-4H3,(H,25,29)(H,28,30). The van der Waals surface area contributed by atoms with Crippen LogP contribution in [0, 0.1) is 20.8 Å². The van der Waals surface area contributed by atoms with Crippen LogP contribution in [0.15, 0.2) is 54.9 Å². The first-order valence-corrected chi connectivity index (χ1v) is 9.87. The smallest absolute Gasteiger partial charge is 0.270 e. The molecule has 0 bridgehead atoms. The number of rotatable bonds is 6. The normalized spacial score (nSPS) is 11.6. The number of carbonyl (C=O) groups is 2. The lowest BCUT2D eigenvalue weighted by atomic mass is 10.1. The molecule has 0 saturated carbocycles. The molecule has 0 radical (unpaired) electrons. The summed E-state index contributed by atoms with van der Waals surface area (Å²) in [6, 6.07) is 15.2. The van der Waals surface area contributed by atoms with E-state index in [-0.39, 0.29) is 29.2 Å². The Morgan fingerprint density at radius 1 is 0.867 bits per heavy atom. The Morgan fingerprint density at radius 3 is 2.20 bits per heavy atom. The lowest BCUT2D eigenvalue weighted by Gasteiger charge is -2.14. The number of benzene rings is 2. The molecule has 3 rings (SSSR count). The van der Waals surface area contributed by atoms with Crippen molar-refractivity contribution in [3.8, 4) is 0 Å². The minimum Gasteiger partial charge on any atom is -0.347 e. The van der Waals surface area contributed by atoms with E-state index in [1.165, 1.54) is 23.5 Å². The Labute approximate surface area is 176 Å². The number of hydrogen-bond donors (Lipinski definition) is 2. The van der Waals surface area contributed by atoms with Gasteiger partial charge in [-0.15, -0.1) is 0 Å². The van der Waals surface area contributed by atoms with Crippen LogP contribution in [-0.4, -0.2) is 21.8 Å². The summed E-state index contributed by atoms with van der Waals surface area (Å²) < 4.78 is 0. The number of amides is 2. The Kier molecular flexibility index (Phi) is 6.57. The topological polar surface area (TPSA) is 84.0 Å². The summed E-state index contributed by atoms with van der Waals surface area (Å²) in [6.07, 6.45) is 1.23. The fourth-order valence-corrected chi connectivity index (χ4v) is 3.00. The van der Waals surface area contributed by atoms with Crippen molar-refractivity contribution in [2.45, 2.75) is 40.3 Å². The van der Waals surface area contributed by atoms with Crippen molar-refractivity contribution in [3.63, 3.8) is 0 Å². The summed E-state index contributed by atoms with van der Waals surface area (Å²) in [6.45, 7) is 8.38. The maximum Gasteiger partial charge on any atom is 0.270 e. The number of carbonyl (C=O) groups excluding carboxylic acids is 2. The van der Waals surface area contributed by atoms with Crippen molar-refractivity contribution in [2.75, 3.05) is 0 Å².